The molecule has 0 radical (unpaired) electrons. The fourth-order valence-electron chi connectivity index (χ4n) is 2.71. The predicted molar refractivity (Wildman–Crippen MR) is 96.9 cm³/mol. The third kappa shape index (κ3) is 2.72. The van der Waals surface area contributed by atoms with E-state index in [2.05, 4.69) is 26.2 Å². The lowest BCUT2D eigenvalue weighted by molar-refractivity contribution is 0.0995. The van der Waals surface area contributed by atoms with Crippen molar-refractivity contribution in [3.05, 3.63) is 68.9 Å². The highest BCUT2D eigenvalue weighted by Crippen LogP contribution is 2.25. The Morgan fingerprint density at radius 3 is 2.72 bits per heavy atom. The average Bonchev–Trinajstić information content (AvgIpc) is 3.01. The highest BCUT2D eigenvalue weighted by atomic mass is 79.9. The van der Waals surface area contributed by atoms with Crippen LogP contribution >= 0.6 is 15.9 Å². The van der Waals surface area contributed by atoms with Gasteiger partial charge in [0.1, 0.15) is 11.4 Å². The van der Waals surface area contributed by atoms with Gasteiger partial charge in [0.05, 0.1) is 10.9 Å². The minimum absolute atomic E-state index is 0.156. The van der Waals surface area contributed by atoms with Gasteiger partial charge in [-0.1, -0.05) is 12.1 Å². The number of fused-ring (bicyclic) bond motifs is 3. The minimum Gasteiger partial charge on any atom is -0.444 e. The number of carbonyl (C=O) groups excluding carboxylic acids is 1. The van der Waals surface area contributed by atoms with E-state index in [1.165, 1.54) is 0 Å². The van der Waals surface area contributed by atoms with E-state index in [-0.39, 0.29) is 5.76 Å². The number of halogens is 1. The second kappa shape index (κ2) is 5.86. The Balaban J connectivity index is 1.87. The Morgan fingerprint density at radius 1 is 1.16 bits per heavy atom. The molecule has 0 bridgehead atoms. The van der Waals surface area contributed by atoms with Crippen LogP contribution in [0.1, 0.15) is 16.1 Å². The first-order valence-corrected chi connectivity index (χ1v) is 8.22. The first-order valence-electron chi connectivity index (χ1n) is 7.43. The number of benzene rings is 1. The van der Waals surface area contributed by atoms with Gasteiger partial charge >= 0.3 is 5.63 Å². The maximum absolute atomic E-state index is 12.3. The summed E-state index contributed by atoms with van der Waals surface area (Å²) in [4.78, 5) is 29.0. The summed E-state index contributed by atoms with van der Waals surface area (Å²) in [6.07, 6.45) is 0. The Kier molecular flexibility index (Phi) is 3.65. The Labute approximate surface area is 149 Å². The van der Waals surface area contributed by atoms with Crippen LogP contribution in [0.3, 0.4) is 0 Å². The second-order valence-electron chi connectivity index (χ2n) is 5.49. The van der Waals surface area contributed by atoms with E-state index in [0.717, 1.165) is 0 Å². The van der Waals surface area contributed by atoms with E-state index in [4.69, 9.17) is 8.83 Å². The van der Waals surface area contributed by atoms with Gasteiger partial charge in [-0.05, 0) is 58.7 Å². The molecule has 0 saturated heterocycles. The van der Waals surface area contributed by atoms with Gasteiger partial charge < -0.3 is 14.2 Å². The van der Waals surface area contributed by atoms with Crippen molar-refractivity contribution >= 4 is 49.5 Å². The highest BCUT2D eigenvalue weighted by molar-refractivity contribution is 9.10. The van der Waals surface area contributed by atoms with E-state index < -0.39 is 11.5 Å². The fourth-order valence-corrected chi connectivity index (χ4v) is 3.01. The number of anilines is 1. The molecule has 0 aliphatic heterocycles. The second-order valence-corrected chi connectivity index (χ2v) is 6.27. The molecule has 124 valence electrons. The number of aryl methyl sites for hydroxylation is 1. The van der Waals surface area contributed by atoms with Crippen molar-refractivity contribution in [1.29, 1.82) is 0 Å². The van der Waals surface area contributed by atoms with Crippen LogP contribution in [0.2, 0.25) is 0 Å². The molecule has 0 aliphatic rings. The van der Waals surface area contributed by atoms with Gasteiger partial charge in [0.15, 0.2) is 10.4 Å². The molecule has 3 heterocycles. The number of rotatable bonds is 2. The predicted octanol–water partition coefficient (Wildman–Crippen LogP) is 4.26. The third-order valence-corrected chi connectivity index (χ3v) is 4.23. The first-order chi connectivity index (χ1) is 12.0. The van der Waals surface area contributed by atoms with Crippen molar-refractivity contribution in [2.24, 2.45) is 0 Å². The number of nitrogens with one attached hydrogen (secondary N) is 1. The number of hydrogen-bond acceptors (Lipinski definition) is 5. The number of nitrogens with zero attached hydrogens (tertiary/aromatic N) is 1. The number of amides is 1. The lowest BCUT2D eigenvalue weighted by Crippen LogP contribution is -2.13. The van der Waals surface area contributed by atoms with Gasteiger partial charge in [0.2, 0.25) is 0 Å². The monoisotopic (exact) mass is 398 g/mol. The summed E-state index contributed by atoms with van der Waals surface area (Å²) in [5.74, 6) is 0.0614. The summed E-state index contributed by atoms with van der Waals surface area (Å²) in [5.41, 5.74) is 1.15. The molecule has 0 saturated carbocycles. The Hall–Kier alpha value is -2.93. The lowest BCUT2D eigenvalue weighted by Gasteiger charge is -2.08. The van der Waals surface area contributed by atoms with E-state index >= 15 is 0 Å². The third-order valence-electron chi connectivity index (χ3n) is 3.80. The largest absolute Gasteiger partial charge is 0.444 e. The Bertz CT molecular complexity index is 1190. The molecule has 7 heteroatoms. The van der Waals surface area contributed by atoms with Crippen LogP contribution in [-0.2, 0) is 0 Å². The quantitative estimate of drug-likeness (QED) is 0.402. The number of pyridine rings is 1. The van der Waals surface area contributed by atoms with E-state index in [9.17, 15) is 9.59 Å². The zero-order valence-corrected chi connectivity index (χ0v) is 14.6. The number of furan rings is 1. The molecule has 0 fully saturated rings. The number of aromatic nitrogens is 1. The number of hydrogen-bond donors (Lipinski definition) is 1. The zero-order chi connectivity index (χ0) is 17.6. The molecule has 0 aliphatic carbocycles. The van der Waals surface area contributed by atoms with Crippen molar-refractivity contribution in [3.63, 3.8) is 0 Å². The van der Waals surface area contributed by atoms with Gasteiger partial charge in [0.25, 0.3) is 5.91 Å². The van der Waals surface area contributed by atoms with Gasteiger partial charge in [-0.25, -0.2) is 9.78 Å². The molecule has 1 aromatic carbocycles. The highest BCUT2D eigenvalue weighted by Gasteiger charge is 2.15. The van der Waals surface area contributed by atoms with Crippen molar-refractivity contribution in [2.45, 2.75) is 6.92 Å². The molecule has 1 N–H and O–H groups in total. The molecule has 0 spiro atoms. The van der Waals surface area contributed by atoms with Crippen LogP contribution in [0.4, 0.5) is 5.82 Å². The summed E-state index contributed by atoms with van der Waals surface area (Å²) in [5, 5.41) is 3.80. The standard InChI is InChI=1S/C18H11BrN2O4/c1-9-8-14(21-17(22)12-6-7-13(19)24-12)20-16-10-4-2-3-5-11(10)25-18(23)15(9)16/h2-8H,1H3,(H,20,21,22). The maximum Gasteiger partial charge on any atom is 0.346 e. The van der Waals surface area contributed by atoms with Gasteiger partial charge in [-0.2, -0.15) is 0 Å². The molecule has 25 heavy (non-hydrogen) atoms. The van der Waals surface area contributed by atoms with Crippen molar-refractivity contribution in [2.75, 3.05) is 5.32 Å². The summed E-state index contributed by atoms with van der Waals surface area (Å²) < 4.78 is 11.0. The van der Waals surface area contributed by atoms with Crippen molar-refractivity contribution in [3.8, 4) is 0 Å². The fraction of sp³-hybridized carbons (Fsp3) is 0.0556. The minimum atomic E-state index is -0.452. The van der Waals surface area contributed by atoms with Crippen LogP contribution in [0, 0.1) is 6.92 Å². The summed E-state index contributed by atoms with van der Waals surface area (Å²) >= 11 is 3.16. The molecule has 1 amide bonds. The van der Waals surface area contributed by atoms with E-state index in [1.54, 1.807) is 37.3 Å². The SMILES string of the molecule is Cc1cc(NC(=O)c2ccc(Br)o2)nc2c1c(=O)oc1ccccc12. The van der Waals surface area contributed by atoms with Crippen molar-refractivity contribution < 1.29 is 13.6 Å². The number of carbonyl (C=O) groups is 1. The van der Waals surface area contributed by atoms with Gasteiger partial charge in [-0.3, -0.25) is 4.79 Å². The van der Waals surface area contributed by atoms with Gasteiger partial charge in [-0.15, -0.1) is 0 Å². The molecule has 3 aromatic heterocycles. The summed E-state index contributed by atoms with van der Waals surface area (Å²) in [7, 11) is 0. The topological polar surface area (TPSA) is 85.3 Å². The van der Waals surface area contributed by atoms with Crippen LogP contribution < -0.4 is 10.9 Å². The average molecular weight is 399 g/mol. The molecule has 4 aromatic rings. The van der Waals surface area contributed by atoms with Gasteiger partial charge in [0, 0.05) is 5.39 Å². The first kappa shape index (κ1) is 15.6. The lowest BCUT2D eigenvalue weighted by atomic mass is 10.1. The molecular formula is C18H11BrN2O4. The van der Waals surface area contributed by atoms with Crippen LogP contribution in [0.5, 0.6) is 0 Å². The molecule has 0 atom stereocenters. The van der Waals surface area contributed by atoms with Crippen molar-refractivity contribution in [1.82, 2.24) is 4.98 Å². The molecule has 6 nitrogen and oxygen atoms in total. The normalized spacial score (nSPS) is 11.1. The molecule has 0 unspecified atom stereocenters. The van der Waals surface area contributed by atoms with Crippen LogP contribution in [-0.4, -0.2) is 10.9 Å². The number of para-hydroxylation sites is 1. The summed E-state index contributed by atoms with van der Waals surface area (Å²) in [6.45, 7) is 1.77. The van der Waals surface area contributed by atoms with Crippen LogP contribution in [0.15, 0.2) is 60.8 Å². The zero-order valence-electron chi connectivity index (χ0n) is 13.0. The maximum atomic E-state index is 12.3. The molecular weight excluding hydrogens is 388 g/mol. The van der Waals surface area contributed by atoms with E-state index in [1.807, 2.05) is 12.1 Å². The smallest absolute Gasteiger partial charge is 0.346 e. The Morgan fingerprint density at radius 2 is 1.96 bits per heavy atom. The van der Waals surface area contributed by atoms with E-state index in [0.29, 0.717) is 37.9 Å². The summed E-state index contributed by atoms with van der Waals surface area (Å²) in [6, 6.07) is 12.0. The van der Waals surface area contributed by atoms with Crippen LogP contribution in [0.25, 0.3) is 21.9 Å². The molecule has 4 rings (SSSR count).